The number of morpholine rings is 1. The van der Waals surface area contributed by atoms with Gasteiger partial charge < -0.3 is 25.6 Å². The molecule has 0 spiro atoms. The van der Waals surface area contributed by atoms with Gasteiger partial charge in [0.1, 0.15) is 12.4 Å². The fraction of sp³-hybridized carbons (Fsp3) is 0.320. The predicted octanol–water partition coefficient (Wildman–Crippen LogP) is 3.27. The lowest BCUT2D eigenvalue weighted by molar-refractivity contribution is -0.141. The summed E-state index contributed by atoms with van der Waals surface area (Å²) in [5.41, 5.74) is 1.78. The van der Waals surface area contributed by atoms with E-state index in [0.717, 1.165) is 4.68 Å². The van der Waals surface area contributed by atoms with Gasteiger partial charge in [-0.2, -0.15) is 18.3 Å². The first-order chi connectivity index (χ1) is 18.8. The average molecular weight is 540 g/mol. The first kappa shape index (κ1) is 25.0. The summed E-state index contributed by atoms with van der Waals surface area (Å²) >= 11 is 0. The van der Waals surface area contributed by atoms with E-state index in [0.29, 0.717) is 54.4 Å². The van der Waals surface area contributed by atoms with Crippen LogP contribution in [0, 0.1) is 0 Å². The van der Waals surface area contributed by atoms with Crippen LogP contribution in [0.4, 0.5) is 35.2 Å². The Morgan fingerprint density at radius 1 is 1.00 bits per heavy atom. The number of nitrogens with zero attached hydrogens (tertiary/aromatic N) is 6. The van der Waals surface area contributed by atoms with Gasteiger partial charge in [0, 0.05) is 42.4 Å². The molecule has 39 heavy (non-hydrogen) atoms. The van der Waals surface area contributed by atoms with Crippen molar-refractivity contribution in [3.8, 4) is 11.4 Å². The molecule has 3 N–H and O–H groups in total. The second kappa shape index (κ2) is 10.1. The number of ether oxygens (including phenoxy) is 1. The molecule has 202 valence electrons. The lowest BCUT2D eigenvalue weighted by Gasteiger charge is -2.46. The highest BCUT2D eigenvalue weighted by atomic mass is 19.4. The Labute approximate surface area is 220 Å². The molecular formula is C25H24F3N9O2. The quantitative estimate of drug-likeness (QED) is 0.353. The van der Waals surface area contributed by atoms with Crippen molar-refractivity contribution >= 4 is 34.3 Å². The van der Waals surface area contributed by atoms with Crippen LogP contribution in [0.2, 0.25) is 0 Å². The van der Waals surface area contributed by atoms with Gasteiger partial charge >= 0.3 is 12.2 Å². The number of halogens is 3. The number of benzene rings is 1. The van der Waals surface area contributed by atoms with Crippen LogP contribution >= 0.6 is 0 Å². The van der Waals surface area contributed by atoms with Gasteiger partial charge in [0.15, 0.2) is 11.5 Å². The van der Waals surface area contributed by atoms with Crippen molar-refractivity contribution in [2.24, 2.45) is 0 Å². The highest BCUT2D eigenvalue weighted by Gasteiger charge is 2.38. The van der Waals surface area contributed by atoms with Crippen LogP contribution in [0.15, 0.2) is 55.0 Å². The standard InChI is InChI=1S/C25H24F3N9O2/c26-25(27,28)14-36-22-20(11-31-36)23(37-18-9-30-10-19(37)13-39-12-18)35-21(34-22)15-1-3-16(4-2-15)32-24(38)33-17-5-7-29-8-6-17/h1-8,11,18-19,30H,9-10,12-14H2,(H2,29,32,33,38). The van der Waals surface area contributed by atoms with Crippen LogP contribution in [0.25, 0.3) is 22.4 Å². The number of pyridine rings is 1. The molecule has 14 heteroatoms. The van der Waals surface area contributed by atoms with Crippen molar-refractivity contribution in [1.29, 1.82) is 0 Å². The molecule has 2 fully saturated rings. The molecular weight excluding hydrogens is 515 g/mol. The van der Waals surface area contributed by atoms with Crippen LogP contribution in [0.1, 0.15) is 0 Å². The number of hydrogen-bond acceptors (Lipinski definition) is 8. The van der Waals surface area contributed by atoms with Crippen LogP contribution in [0.5, 0.6) is 0 Å². The Morgan fingerprint density at radius 2 is 1.67 bits per heavy atom. The molecule has 2 saturated heterocycles. The number of amides is 2. The number of aromatic nitrogens is 5. The molecule has 0 aliphatic carbocycles. The molecule has 2 bridgehead atoms. The van der Waals surface area contributed by atoms with Gasteiger partial charge in [0.25, 0.3) is 0 Å². The summed E-state index contributed by atoms with van der Waals surface area (Å²) in [5, 5.41) is 13.3. The molecule has 2 unspecified atom stereocenters. The van der Waals surface area contributed by atoms with Gasteiger partial charge in [0.2, 0.25) is 0 Å². The van der Waals surface area contributed by atoms with Crippen molar-refractivity contribution in [3.05, 3.63) is 55.0 Å². The van der Waals surface area contributed by atoms with Crippen molar-refractivity contribution < 1.29 is 22.7 Å². The molecule has 6 rings (SSSR count). The van der Waals surface area contributed by atoms with Crippen molar-refractivity contribution in [1.82, 2.24) is 30.0 Å². The molecule has 2 aliphatic rings. The van der Waals surface area contributed by atoms with E-state index < -0.39 is 18.8 Å². The Balaban J connectivity index is 1.33. The van der Waals surface area contributed by atoms with Crippen molar-refractivity contribution in [2.45, 2.75) is 24.8 Å². The summed E-state index contributed by atoms with van der Waals surface area (Å²) in [6.45, 7) is 1.01. The molecule has 0 saturated carbocycles. The van der Waals surface area contributed by atoms with Gasteiger partial charge in [-0.05, 0) is 36.4 Å². The molecule has 3 aromatic heterocycles. The van der Waals surface area contributed by atoms with Crippen LogP contribution in [-0.4, -0.2) is 75.3 Å². The molecule has 11 nitrogen and oxygen atoms in total. The summed E-state index contributed by atoms with van der Waals surface area (Å²) in [6, 6.07) is 9.60. The van der Waals surface area contributed by atoms with E-state index in [2.05, 4.69) is 35.9 Å². The number of nitrogens with one attached hydrogen (secondary N) is 3. The lowest BCUT2D eigenvalue weighted by atomic mass is 10.1. The van der Waals surface area contributed by atoms with E-state index in [1.807, 2.05) is 0 Å². The number of hydrogen-bond donors (Lipinski definition) is 3. The second-order valence-corrected chi connectivity index (χ2v) is 9.33. The predicted molar refractivity (Wildman–Crippen MR) is 137 cm³/mol. The molecule has 2 amide bonds. The number of anilines is 3. The zero-order valence-corrected chi connectivity index (χ0v) is 20.5. The van der Waals surface area contributed by atoms with Crippen LogP contribution < -0.4 is 20.9 Å². The first-order valence-electron chi connectivity index (χ1n) is 12.3. The number of carbonyl (C=O) groups excluding carboxylic acids is 1. The van der Waals surface area contributed by atoms with E-state index in [1.165, 1.54) is 6.20 Å². The normalized spacial score (nSPS) is 19.2. The topological polar surface area (TPSA) is 122 Å². The molecule has 4 aromatic rings. The third kappa shape index (κ3) is 5.33. The van der Waals surface area contributed by atoms with Gasteiger partial charge in [-0.15, -0.1) is 0 Å². The third-order valence-corrected chi connectivity index (χ3v) is 6.56. The minimum atomic E-state index is -4.46. The Hall–Kier alpha value is -4.30. The number of carbonyl (C=O) groups is 1. The molecule has 5 heterocycles. The van der Waals surface area contributed by atoms with Gasteiger partial charge in [0.05, 0.1) is 36.9 Å². The van der Waals surface area contributed by atoms with Crippen LogP contribution in [-0.2, 0) is 11.3 Å². The zero-order valence-electron chi connectivity index (χ0n) is 20.5. The first-order valence-corrected chi connectivity index (χ1v) is 12.3. The SMILES string of the molecule is O=C(Nc1ccncc1)Nc1ccc(-c2nc(N3C4CNCC3COC4)c3cnn(CC(F)(F)F)c3n2)cc1. The van der Waals surface area contributed by atoms with Crippen LogP contribution in [0.3, 0.4) is 0 Å². The molecule has 0 radical (unpaired) electrons. The lowest BCUT2D eigenvalue weighted by Crippen LogP contribution is -2.64. The highest BCUT2D eigenvalue weighted by molar-refractivity contribution is 5.99. The van der Waals surface area contributed by atoms with Crippen molar-refractivity contribution in [3.63, 3.8) is 0 Å². The summed E-state index contributed by atoms with van der Waals surface area (Å²) in [7, 11) is 0. The number of fused-ring (bicyclic) bond motifs is 3. The second-order valence-electron chi connectivity index (χ2n) is 9.33. The largest absolute Gasteiger partial charge is 0.408 e. The molecule has 2 atom stereocenters. The molecule has 1 aromatic carbocycles. The fourth-order valence-corrected chi connectivity index (χ4v) is 4.86. The van der Waals surface area contributed by atoms with E-state index in [1.54, 1.807) is 48.8 Å². The minimum Gasteiger partial charge on any atom is -0.377 e. The Kier molecular flexibility index (Phi) is 6.48. The summed E-state index contributed by atoms with van der Waals surface area (Å²) < 4.78 is 46.5. The van der Waals surface area contributed by atoms with Crippen molar-refractivity contribution in [2.75, 3.05) is 41.8 Å². The van der Waals surface area contributed by atoms with Gasteiger partial charge in [-0.1, -0.05) is 0 Å². The van der Waals surface area contributed by atoms with E-state index in [4.69, 9.17) is 9.72 Å². The average Bonchev–Trinajstić information content (AvgIpc) is 3.30. The number of rotatable bonds is 5. The Morgan fingerprint density at radius 3 is 2.33 bits per heavy atom. The number of urea groups is 1. The summed E-state index contributed by atoms with van der Waals surface area (Å²) in [4.78, 5) is 27.7. The van der Waals surface area contributed by atoms with Gasteiger partial charge in [-0.25, -0.2) is 19.4 Å². The van der Waals surface area contributed by atoms with E-state index in [-0.39, 0.29) is 23.6 Å². The zero-order chi connectivity index (χ0) is 27.0. The van der Waals surface area contributed by atoms with Gasteiger partial charge in [-0.3, -0.25) is 4.98 Å². The summed E-state index contributed by atoms with van der Waals surface area (Å²) in [6.07, 6.45) is 0.0640. The van der Waals surface area contributed by atoms with E-state index >= 15 is 0 Å². The molecule has 2 aliphatic heterocycles. The monoisotopic (exact) mass is 539 g/mol. The maximum Gasteiger partial charge on any atom is 0.408 e. The third-order valence-electron chi connectivity index (χ3n) is 6.56. The number of piperazine rings is 1. The smallest absolute Gasteiger partial charge is 0.377 e. The maximum absolute atomic E-state index is 13.3. The maximum atomic E-state index is 13.3. The summed E-state index contributed by atoms with van der Waals surface area (Å²) in [5.74, 6) is 0.786. The number of alkyl halides is 3. The minimum absolute atomic E-state index is 0.0279. The highest BCUT2D eigenvalue weighted by Crippen LogP contribution is 2.33. The van der Waals surface area contributed by atoms with E-state index in [9.17, 15) is 18.0 Å². The fourth-order valence-electron chi connectivity index (χ4n) is 4.86. The Bertz CT molecular complexity index is 1460.